The highest BCUT2D eigenvalue weighted by Crippen LogP contribution is 2.05. The summed E-state index contributed by atoms with van der Waals surface area (Å²) in [5.41, 5.74) is -0.348. The maximum absolute atomic E-state index is 11.6. The first-order valence-electron chi connectivity index (χ1n) is 3.93. The number of hydrogen-bond acceptors (Lipinski definition) is 3. The number of pyridine rings is 1. The van der Waals surface area contributed by atoms with Crippen LogP contribution in [-0.2, 0) is 10.0 Å². The largest absolute Gasteiger partial charge is 0.328 e. The summed E-state index contributed by atoms with van der Waals surface area (Å²) in [4.78, 5) is 13.0. The summed E-state index contributed by atoms with van der Waals surface area (Å²) in [6, 6.07) is 2.38. The van der Waals surface area contributed by atoms with E-state index in [1.807, 2.05) is 0 Å². The molecule has 0 unspecified atom stereocenters. The lowest BCUT2D eigenvalue weighted by molar-refractivity contribution is 0.585. The molecule has 1 heterocycles. The SMILES string of the molecule is C=C(Br)CNS(=O)(=O)c1ccc(=O)[nH]c1. The van der Waals surface area contributed by atoms with Crippen molar-refractivity contribution in [3.05, 3.63) is 39.7 Å². The summed E-state index contributed by atoms with van der Waals surface area (Å²) >= 11 is 3.03. The molecule has 0 saturated carbocycles. The van der Waals surface area contributed by atoms with Crippen molar-refractivity contribution in [2.75, 3.05) is 6.54 Å². The molecule has 0 spiro atoms. The Balaban J connectivity index is 2.91. The number of H-pyrrole nitrogens is 1. The second-order valence-corrected chi connectivity index (χ2v) is 5.62. The van der Waals surface area contributed by atoms with Crippen LogP contribution >= 0.6 is 15.9 Å². The van der Waals surface area contributed by atoms with E-state index in [4.69, 9.17) is 0 Å². The van der Waals surface area contributed by atoms with Gasteiger partial charge in [0.25, 0.3) is 0 Å². The first-order chi connectivity index (χ1) is 6.92. The molecule has 0 amide bonds. The van der Waals surface area contributed by atoms with E-state index in [0.29, 0.717) is 4.48 Å². The molecule has 0 aromatic carbocycles. The molecular formula is C8H9BrN2O3S. The van der Waals surface area contributed by atoms with Crippen LogP contribution in [0.2, 0.25) is 0 Å². The van der Waals surface area contributed by atoms with Crippen LogP contribution in [0.3, 0.4) is 0 Å². The van der Waals surface area contributed by atoms with Crippen LogP contribution < -0.4 is 10.3 Å². The van der Waals surface area contributed by atoms with E-state index in [2.05, 4.69) is 32.2 Å². The average molecular weight is 293 g/mol. The molecule has 0 saturated heterocycles. The van der Waals surface area contributed by atoms with Gasteiger partial charge in [-0.05, 0) is 6.07 Å². The summed E-state index contributed by atoms with van der Waals surface area (Å²) in [5, 5.41) is 0. The third kappa shape index (κ3) is 3.61. The second-order valence-electron chi connectivity index (χ2n) is 2.73. The monoisotopic (exact) mass is 292 g/mol. The summed E-state index contributed by atoms with van der Waals surface area (Å²) in [6.45, 7) is 3.60. The number of nitrogens with one attached hydrogen (secondary N) is 2. The van der Waals surface area contributed by atoms with Gasteiger partial charge < -0.3 is 4.98 Å². The summed E-state index contributed by atoms with van der Waals surface area (Å²) in [7, 11) is -3.58. The molecule has 2 N–H and O–H groups in total. The third-order valence-corrected chi connectivity index (χ3v) is 3.20. The highest BCUT2D eigenvalue weighted by molar-refractivity contribution is 9.11. The lowest BCUT2D eigenvalue weighted by Gasteiger charge is -2.04. The van der Waals surface area contributed by atoms with Gasteiger partial charge in [0.05, 0.1) is 4.90 Å². The van der Waals surface area contributed by atoms with Gasteiger partial charge in [-0.3, -0.25) is 4.79 Å². The third-order valence-electron chi connectivity index (χ3n) is 1.52. The Morgan fingerprint density at radius 3 is 2.67 bits per heavy atom. The van der Waals surface area contributed by atoms with Gasteiger partial charge in [-0.1, -0.05) is 22.5 Å². The zero-order valence-electron chi connectivity index (χ0n) is 7.66. The molecule has 0 aliphatic rings. The standard InChI is InChI=1S/C8H9BrN2O3S/c1-6(9)4-11-15(13,14)7-2-3-8(12)10-5-7/h2-3,5,11H,1,4H2,(H,10,12). The highest BCUT2D eigenvalue weighted by atomic mass is 79.9. The quantitative estimate of drug-likeness (QED) is 0.851. The van der Waals surface area contributed by atoms with E-state index in [9.17, 15) is 13.2 Å². The van der Waals surface area contributed by atoms with E-state index >= 15 is 0 Å². The Morgan fingerprint density at radius 2 is 2.20 bits per heavy atom. The fourth-order valence-corrected chi connectivity index (χ4v) is 2.14. The van der Waals surface area contributed by atoms with Gasteiger partial charge in [-0.25, -0.2) is 13.1 Å². The summed E-state index contributed by atoms with van der Waals surface area (Å²) < 4.78 is 25.9. The van der Waals surface area contributed by atoms with E-state index in [1.165, 1.54) is 6.07 Å². The Labute approximate surface area is 95.4 Å². The molecule has 0 aliphatic carbocycles. The Kier molecular flexibility index (Phi) is 3.83. The van der Waals surface area contributed by atoms with E-state index in [-0.39, 0.29) is 17.0 Å². The molecule has 0 aliphatic heterocycles. The highest BCUT2D eigenvalue weighted by Gasteiger charge is 2.12. The number of sulfonamides is 1. The van der Waals surface area contributed by atoms with Gasteiger partial charge in [-0.2, -0.15) is 0 Å². The number of halogens is 1. The van der Waals surface area contributed by atoms with Crippen LogP contribution in [0.25, 0.3) is 0 Å². The maximum atomic E-state index is 11.6. The Bertz CT molecular complexity index is 500. The number of aromatic amines is 1. The first-order valence-corrected chi connectivity index (χ1v) is 6.21. The normalized spacial score (nSPS) is 11.3. The van der Waals surface area contributed by atoms with Crippen LogP contribution in [-0.4, -0.2) is 19.9 Å². The molecule has 1 aromatic heterocycles. The predicted molar refractivity (Wildman–Crippen MR) is 60.3 cm³/mol. The average Bonchev–Trinajstić information content (AvgIpc) is 2.16. The number of hydrogen-bond donors (Lipinski definition) is 2. The maximum Gasteiger partial charge on any atom is 0.247 e. The van der Waals surface area contributed by atoms with Gasteiger partial charge in [0, 0.05) is 23.3 Å². The minimum atomic E-state index is -3.58. The smallest absolute Gasteiger partial charge is 0.247 e. The van der Waals surface area contributed by atoms with Gasteiger partial charge in [0.2, 0.25) is 15.6 Å². The second kappa shape index (κ2) is 4.73. The van der Waals surface area contributed by atoms with Gasteiger partial charge in [0.1, 0.15) is 0 Å². The van der Waals surface area contributed by atoms with E-state index in [0.717, 1.165) is 12.3 Å². The molecule has 1 rings (SSSR count). The van der Waals surface area contributed by atoms with Gasteiger partial charge in [-0.15, -0.1) is 0 Å². The van der Waals surface area contributed by atoms with Crippen LogP contribution in [0, 0.1) is 0 Å². The van der Waals surface area contributed by atoms with E-state index < -0.39 is 10.0 Å². The predicted octanol–water partition coefficient (Wildman–Crippen LogP) is 0.562. The van der Waals surface area contributed by atoms with Crippen molar-refractivity contribution in [1.29, 1.82) is 0 Å². The number of rotatable bonds is 4. The van der Waals surface area contributed by atoms with Crippen LogP contribution in [0.4, 0.5) is 0 Å². The first kappa shape index (κ1) is 12.2. The van der Waals surface area contributed by atoms with Crippen molar-refractivity contribution in [2.24, 2.45) is 0 Å². The van der Waals surface area contributed by atoms with Crippen LogP contribution in [0.5, 0.6) is 0 Å². The minimum absolute atomic E-state index is 0.0100. The van der Waals surface area contributed by atoms with Crippen LogP contribution in [0.1, 0.15) is 0 Å². The fraction of sp³-hybridized carbons (Fsp3) is 0.125. The molecule has 0 radical (unpaired) electrons. The molecule has 1 aromatic rings. The minimum Gasteiger partial charge on any atom is -0.328 e. The van der Waals surface area contributed by atoms with E-state index in [1.54, 1.807) is 0 Å². The topological polar surface area (TPSA) is 79.0 Å². The van der Waals surface area contributed by atoms with Crippen molar-refractivity contribution >= 4 is 26.0 Å². The fourth-order valence-electron chi connectivity index (χ4n) is 0.820. The molecule has 15 heavy (non-hydrogen) atoms. The zero-order chi connectivity index (χ0) is 11.5. The Hall–Kier alpha value is -0.920. The molecule has 7 heteroatoms. The Morgan fingerprint density at radius 1 is 1.53 bits per heavy atom. The molecular weight excluding hydrogens is 284 g/mol. The molecule has 0 fully saturated rings. The number of aromatic nitrogens is 1. The summed E-state index contributed by atoms with van der Waals surface area (Å²) in [6.07, 6.45) is 1.14. The lowest BCUT2D eigenvalue weighted by atomic mass is 10.5. The van der Waals surface area contributed by atoms with Crippen molar-refractivity contribution in [3.8, 4) is 0 Å². The van der Waals surface area contributed by atoms with Crippen molar-refractivity contribution in [3.63, 3.8) is 0 Å². The molecule has 5 nitrogen and oxygen atoms in total. The summed E-state index contributed by atoms with van der Waals surface area (Å²) in [5.74, 6) is 0. The van der Waals surface area contributed by atoms with Crippen molar-refractivity contribution in [1.82, 2.24) is 9.71 Å². The van der Waals surface area contributed by atoms with Crippen molar-refractivity contribution < 1.29 is 8.42 Å². The van der Waals surface area contributed by atoms with Gasteiger partial charge in [0.15, 0.2) is 0 Å². The molecule has 0 bridgehead atoms. The lowest BCUT2D eigenvalue weighted by Crippen LogP contribution is -2.25. The van der Waals surface area contributed by atoms with Crippen molar-refractivity contribution in [2.45, 2.75) is 4.90 Å². The molecule has 0 atom stereocenters. The van der Waals surface area contributed by atoms with Gasteiger partial charge >= 0.3 is 0 Å². The van der Waals surface area contributed by atoms with Crippen LogP contribution in [0.15, 0.2) is 39.1 Å². The molecule has 82 valence electrons. The zero-order valence-corrected chi connectivity index (χ0v) is 10.1.